The molecule has 0 aliphatic rings. The third-order valence-electron chi connectivity index (χ3n) is 3.53. The van der Waals surface area contributed by atoms with E-state index in [1.165, 1.54) is 19.2 Å². The molecule has 0 radical (unpaired) electrons. The Morgan fingerprint density at radius 3 is 2.41 bits per heavy atom. The number of methoxy groups -OCH3 is 2. The molecule has 116 valence electrons. The molecule has 0 heterocycles. The standard InChI is InChI=1S/C18H19FO3/c1-21-17-12-15(18(20)22-2)9-8-14(17)5-3-4-13-6-10-16(19)11-7-13/h6-12H,3-5H2,1-2H3. The zero-order valence-electron chi connectivity index (χ0n) is 12.8. The maximum absolute atomic E-state index is 12.9. The number of ether oxygens (including phenoxy) is 2. The van der Waals surface area contributed by atoms with Gasteiger partial charge in [0.2, 0.25) is 0 Å². The number of esters is 1. The van der Waals surface area contributed by atoms with E-state index in [0.717, 1.165) is 30.4 Å². The number of carbonyl (C=O) groups excluding carboxylic acids is 1. The second-order valence-electron chi connectivity index (χ2n) is 5.00. The van der Waals surface area contributed by atoms with Gasteiger partial charge in [-0.3, -0.25) is 0 Å². The van der Waals surface area contributed by atoms with Crippen LogP contribution in [0.25, 0.3) is 0 Å². The summed E-state index contributed by atoms with van der Waals surface area (Å²) in [6.07, 6.45) is 2.60. The van der Waals surface area contributed by atoms with E-state index in [4.69, 9.17) is 9.47 Å². The summed E-state index contributed by atoms with van der Waals surface area (Å²) in [7, 11) is 2.94. The van der Waals surface area contributed by atoms with Crippen molar-refractivity contribution in [2.45, 2.75) is 19.3 Å². The van der Waals surface area contributed by atoms with E-state index in [0.29, 0.717) is 11.3 Å². The fourth-order valence-electron chi connectivity index (χ4n) is 2.33. The van der Waals surface area contributed by atoms with Gasteiger partial charge in [-0.25, -0.2) is 9.18 Å². The second-order valence-corrected chi connectivity index (χ2v) is 5.00. The van der Waals surface area contributed by atoms with Gasteiger partial charge >= 0.3 is 5.97 Å². The molecule has 0 N–H and O–H groups in total. The van der Waals surface area contributed by atoms with Crippen LogP contribution in [0.15, 0.2) is 42.5 Å². The molecule has 0 saturated carbocycles. The molecule has 2 rings (SSSR count). The SMILES string of the molecule is COC(=O)c1ccc(CCCc2ccc(F)cc2)c(OC)c1. The number of hydrogen-bond donors (Lipinski definition) is 0. The van der Waals surface area contributed by atoms with E-state index in [1.807, 2.05) is 6.07 Å². The molecule has 0 aliphatic heterocycles. The van der Waals surface area contributed by atoms with Gasteiger partial charge in [0.05, 0.1) is 19.8 Å². The normalized spacial score (nSPS) is 10.3. The number of hydrogen-bond acceptors (Lipinski definition) is 3. The number of halogens is 1. The largest absolute Gasteiger partial charge is 0.496 e. The van der Waals surface area contributed by atoms with Crippen LogP contribution in [-0.2, 0) is 17.6 Å². The monoisotopic (exact) mass is 302 g/mol. The van der Waals surface area contributed by atoms with Crippen LogP contribution in [0, 0.1) is 5.82 Å². The van der Waals surface area contributed by atoms with Crippen molar-refractivity contribution in [3.05, 3.63) is 65.0 Å². The van der Waals surface area contributed by atoms with Gasteiger partial charge in [0, 0.05) is 0 Å². The fraction of sp³-hybridized carbons (Fsp3) is 0.278. The molecule has 22 heavy (non-hydrogen) atoms. The number of benzene rings is 2. The van der Waals surface area contributed by atoms with Crippen molar-refractivity contribution in [3.8, 4) is 5.75 Å². The molecule has 0 atom stereocenters. The van der Waals surface area contributed by atoms with E-state index in [9.17, 15) is 9.18 Å². The Kier molecular flexibility index (Phi) is 5.53. The van der Waals surface area contributed by atoms with Crippen LogP contribution in [-0.4, -0.2) is 20.2 Å². The van der Waals surface area contributed by atoms with Gasteiger partial charge in [-0.1, -0.05) is 18.2 Å². The second kappa shape index (κ2) is 7.59. The van der Waals surface area contributed by atoms with Crippen LogP contribution >= 0.6 is 0 Å². The van der Waals surface area contributed by atoms with Crippen LogP contribution in [0.3, 0.4) is 0 Å². The molecule has 0 aliphatic carbocycles. The topological polar surface area (TPSA) is 35.5 Å². The molecule has 0 amide bonds. The van der Waals surface area contributed by atoms with Crippen LogP contribution in [0.5, 0.6) is 5.75 Å². The summed E-state index contributed by atoms with van der Waals surface area (Å²) < 4.78 is 22.9. The maximum Gasteiger partial charge on any atom is 0.337 e. The Labute approximate surface area is 129 Å². The molecule has 0 fully saturated rings. The lowest BCUT2D eigenvalue weighted by Gasteiger charge is -2.10. The molecule has 3 nitrogen and oxygen atoms in total. The van der Waals surface area contributed by atoms with Gasteiger partial charge in [-0.15, -0.1) is 0 Å². The van der Waals surface area contributed by atoms with E-state index < -0.39 is 0 Å². The summed E-state index contributed by atoms with van der Waals surface area (Å²) in [5.41, 5.74) is 2.62. The first-order chi connectivity index (χ1) is 10.6. The highest BCUT2D eigenvalue weighted by Crippen LogP contribution is 2.23. The Morgan fingerprint density at radius 1 is 1.05 bits per heavy atom. The minimum absolute atomic E-state index is 0.219. The summed E-state index contributed by atoms with van der Waals surface area (Å²) >= 11 is 0. The number of rotatable bonds is 6. The quantitative estimate of drug-likeness (QED) is 0.761. The summed E-state index contributed by atoms with van der Waals surface area (Å²) in [4.78, 5) is 11.5. The summed E-state index contributed by atoms with van der Waals surface area (Å²) in [6.45, 7) is 0. The molecular formula is C18H19FO3. The zero-order chi connectivity index (χ0) is 15.9. The predicted molar refractivity (Wildman–Crippen MR) is 82.8 cm³/mol. The Bertz CT molecular complexity index is 635. The minimum Gasteiger partial charge on any atom is -0.496 e. The third-order valence-corrected chi connectivity index (χ3v) is 3.53. The maximum atomic E-state index is 12.9. The smallest absolute Gasteiger partial charge is 0.337 e. The van der Waals surface area contributed by atoms with E-state index >= 15 is 0 Å². The van der Waals surface area contributed by atoms with Crippen molar-refractivity contribution in [1.29, 1.82) is 0 Å². The summed E-state index contributed by atoms with van der Waals surface area (Å²) in [5.74, 6) is 0.0852. The van der Waals surface area contributed by atoms with Crippen molar-refractivity contribution >= 4 is 5.97 Å². The van der Waals surface area contributed by atoms with Crippen LogP contribution in [0.2, 0.25) is 0 Å². The number of carbonyl (C=O) groups is 1. The summed E-state index contributed by atoms with van der Waals surface area (Å²) in [6, 6.07) is 11.9. The first-order valence-electron chi connectivity index (χ1n) is 7.13. The predicted octanol–water partition coefficient (Wildman–Crippen LogP) is 3.80. The zero-order valence-corrected chi connectivity index (χ0v) is 12.8. The van der Waals surface area contributed by atoms with Crippen molar-refractivity contribution in [1.82, 2.24) is 0 Å². The summed E-state index contributed by atoms with van der Waals surface area (Å²) in [5, 5.41) is 0. The lowest BCUT2D eigenvalue weighted by atomic mass is 10.0. The fourth-order valence-corrected chi connectivity index (χ4v) is 2.33. The first-order valence-corrected chi connectivity index (χ1v) is 7.13. The van der Waals surface area contributed by atoms with Gasteiger partial charge in [0.25, 0.3) is 0 Å². The minimum atomic E-state index is -0.379. The number of aryl methyl sites for hydroxylation is 2. The molecular weight excluding hydrogens is 283 g/mol. The Balaban J connectivity index is 2.00. The molecule has 4 heteroatoms. The first kappa shape index (κ1) is 16.0. The van der Waals surface area contributed by atoms with Gasteiger partial charge < -0.3 is 9.47 Å². The van der Waals surface area contributed by atoms with Crippen LogP contribution < -0.4 is 4.74 Å². The lowest BCUT2D eigenvalue weighted by molar-refractivity contribution is 0.0600. The highest BCUT2D eigenvalue weighted by molar-refractivity contribution is 5.89. The van der Waals surface area contributed by atoms with Crippen molar-refractivity contribution in [2.75, 3.05) is 14.2 Å². The molecule has 2 aromatic rings. The van der Waals surface area contributed by atoms with E-state index in [-0.39, 0.29) is 11.8 Å². The van der Waals surface area contributed by atoms with Gasteiger partial charge in [-0.2, -0.15) is 0 Å². The Morgan fingerprint density at radius 2 is 1.77 bits per heavy atom. The Hall–Kier alpha value is -2.36. The van der Waals surface area contributed by atoms with Gasteiger partial charge in [0.15, 0.2) is 0 Å². The molecule has 0 unspecified atom stereocenters. The van der Waals surface area contributed by atoms with Crippen molar-refractivity contribution < 1.29 is 18.7 Å². The molecule has 2 aromatic carbocycles. The molecule has 0 saturated heterocycles. The van der Waals surface area contributed by atoms with Crippen LogP contribution in [0.1, 0.15) is 27.9 Å². The molecule has 0 bridgehead atoms. The highest BCUT2D eigenvalue weighted by atomic mass is 19.1. The van der Waals surface area contributed by atoms with Crippen LogP contribution in [0.4, 0.5) is 4.39 Å². The van der Waals surface area contributed by atoms with Gasteiger partial charge in [0.1, 0.15) is 11.6 Å². The van der Waals surface area contributed by atoms with E-state index in [1.54, 1.807) is 31.4 Å². The molecule has 0 aromatic heterocycles. The van der Waals surface area contributed by atoms with E-state index in [2.05, 4.69) is 0 Å². The highest BCUT2D eigenvalue weighted by Gasteiger charge is 2.10. The lowest BCUT2D eigenvalue weighted by Crippen LogP contribution is -2.03. The van der Waals surface area contributed by atoms with Gasteiger partial charge in [-0.05, 0) is 54.7 Å². The third kappa shape index (κ3) is 4.07. The average Bonchev–Trinajstić information content (AvgIpc) is 2.56. The van der Waals surface area contributed by atoms with Crippen molar-refractivity contribution in [2.24, 2.45) is 0 Å². The van der Waals surface area contributed by atoms with Crippen molar-refractivity contribution in [3.63, 3.8) is 0 Å². The molecule has 0 spiro atoms. The average molecular weight is 302 g/mol.